The van der Waals surface area contributed by atoms with E-state index in [9.17, 15) is 4.79 Å². The molecule has 3 atom stereocenters. The number of methoxy groups -OCH3 is 1. The molecule has 0 unspecified atom stereocenters. The Hall–Kier alpha value is -1.24. The van der Waals surface area contributed by atoms with Crippen molar-refractivity contribution in [2.75, 3.05) is 26.9 Å². The first-order valence-corrected chi connectivity index (χ1v) is 9.00. The van der Waals surface area contributed by atoms with Crippen LogP contribution in [0.25, 0.3) is 0 Å². The summed E-state index contributed by atoms with van der Waals surface area (Å²) in [5.41, 5.74) is -3.29. The molecule has 138 valence electrons. The van der Waals surface area contributed by atoms with Crippen LogP contribution >= 0.6 is 0 Å². The Balaban J connectivity index is 1.72. The van der Waals surface area contributed by atoms with Crippen LogP contribution in [0, 0.1) is 5.92 Å². The van der Waals surface area contributed by atoms with Crippen molar-refractivity contribution in [2.45, 2.75) is 42.2 Å². The number of ketones is 1. The lowest BCUT2D eigenvalue weighted by molar-refractivity contribution is -0.177. The van der Waals surface area contributed by atoms with Gasteiger partial charge in [-0.25, -0.2) is 0 Å². The van der Waals surface area contributed by atoms with Gasteiger partial charge in [0.15, 0.2) is 0 Å². The highest BCUT2D eigenvalue weighted by Gasteiger charge is 2.71. The maximum absolute atomic E-state index is 12.9. The van der Waals surface area contributed by atoms with E-state index in [1.54, 1.807) is 0 Å². The number of hydrogen-bond acceptors (Lipinski definition) is 5. The maximum Gasteiger partial charge on any atom is 0.144 e. The highest BCUT2D eigenvalue weighted by atomic mass is 16.6. The molecule has 0 N–H and O–H groups in total. The molecule has 2 fully saturated rings. The molecule has 1 saturated heterocycles. The molecule has 5 nitrogen and oxygen atoms in total. The molecule has 3 rings (SSSR count). The van der Waals surface area contributed by atoms with Crippen LogP contribution in [0.15, 0.2) is 30.3 Å². The molecule has 8 heteroatoms. The molecule has 0 amide bonds. The van der Waals surface area contributed by atoms with Crippen molar-refractivity contribution in [1.82, 2.24) is 0 Å². The lowest BCUT2D eigenvalue weighted by Gasteiger charge is -2.55. The van der Waals surface area contributed by atoms with Crippen LogP contribution in [-0.2, 0) is 19.0 Å². The first kappa shape index (κ1) is 20.5. The third-order valence-electron chi connectivity index (χ3n) is 5.44. The Bertz CT molecular complexity index is 690. The van der Waals surface area contributed by atoms with Crippen molar-refractivity contribution in [3.05, 3.63) is 30.3 Å². The number of Topliss-reactive ketones (excluding diaryl/α,β-unsaturated/α-hetero) is 1. The van der Waals surface area contributed by atoms with Crippen LogP contribution in [0.4, 0.5) is 0 Å². The second-order valence-electron chi connectivity index (χ2n) is 7.94. The molecular formula is C19H23B3O5. The molecular weight excluding hydrogens is 341 g/mol. The first-order chi connectivity index (χ1) is 12.6. The molecule has 0 bridgehead atoms. The van der Waals surface area contributed by atoms with Gasteiger partial charge < -0.3 is 18.9 Å². The Morgan fingerprint density at radius 1 is 1.19 bits per heavy atom. The Morgan fingerprint density at radius 3 is 2.37 bits per heavy atom. The van der Waals surface area contributed by atoms with Gasteiger partial charge in [0.2, 0.25) is 0 Å². The predicted molar refractivity (Wildman–Crippen MR) is 103 cm³/mol. The van der Waals surface area contributed by atoms with E-state index in [4.69, 9.17) is 42.5 Å². The molecule has 1 aliphatic heterocycles. The number of hydrogen-bond donors (Lipinski definition) is 0. The molecule has 1 aromatic rings. The van der Waals surface area contributed by atoms with E-state index in [1.165, 1.54) is 7.11 Å². The molecule has 0 aromatic heterocycles. The van der Waals surface area contributed by atoms with E-state index in [-0.39, 0.29) is 6.42 Å². The van der Waals surface area contributed by atoms with E-state index < -0.39 is 33.6 Å². The second kappa shape index (κ2) is 6.98. The van der Waals surface area contributed by atoms with E-state index in [2.05, 4.69) is 0 Å². The number of carbonyl (C=O) groups is 1. The number of ether oxygens (including phenoxy) is 4. The van der Waals surface area contributed by atoms with Gasteiger partial charge in [-0.05, 0) is 37.6 Å². The van der Waals surface area contributed by atoms with Crippen LogP contribution in [-0.4, -0.2) is 73.0 Å². The summed E-state index contributed by atoms with van der Waals surface area (Å²) in [6.07, 6.45) is 0.166. The van der Waals surface area contributed by atoms with E-state index >= 15 is 0 Å². The lowest BCUT2D eigenvalue weighted by Crippen LogP contribution is -2.68. The lowest BCUT2D eigenvalue weighted by atomic mass is 9.37. The molecule has 27 heavy (non-hydrogen) atoms. The fourth-order valence-corrected chi connectivity index (χ4v) is 4.35. The van der Waals surface area contributed by atoms with E-state index in [0.717, 1.165) is 5.75 Å². The van der Waals surface area contributed by atoms with Gasteiger partial charge in [0.25, 0.3) is 0 Å². The van der Waals surface area contributed by atoms with E-state index in [0.29, 0.717) is 19.8 Å². The number of benzene rings is 1. The van der Waals surface area contributed by atoms with Gasteiger partial charge in [0.1, 0.15) is 26.0 Å². The third kappa shape index (κ3) is 3.72. The zero-order chi connectivity index (χ0) is 19.9. The smallest absolute Gasteiger partial charge is 0.144 e. The molecule has 1 heterocycles. The van der Waals surface area contributed by atoms with Crippen molar-refractivity contribution in [1.29, 1.82) is 0 Å². The highest BCUT2D eigenvalue weighted by molar-refractivity contribution is 6.55. The Labute approximate surface area is 164 Å². The van der Waals surface area contributed by atoms with Gasteiger partial charge in [-0.2, -0.15) is 0 Å². The van der Waals surface area contributed by atoms with Gasteiger partial charge in [-0.1, -0.05) is 18.2 Å². The minimum absolute atomic E-state index is 0.166. The molecule has 1 aliphatic carbocycles. The van der Waals surface area contributed by atoms with Gasteiger partial charge in [-0.3, -0.25) is 4.79 Å². The van der Waals surface area contributed by atoms with Crippen molar-refractivity contribution in [3.63, 3.8) is 0 Å². The minimum Gasteiger partial charge on any atom is -0.491 e. The average molecular weight is 364 g/mol. The topological polar surface area (TPSA) is 57.3 Å². The molecule has 6 radical (unpaired) electrons. The second-order valence-corrected chi connectivity index (χ2v) is 7.94. The summed E-state index contributed by atoms with van der Waals surface area (Å²) in [5, 5.41) is -1.61. The van der Waals surface area contributed by atoms with Gasteiger partial charge in [-0.15, -0.1) is 0 Å². The molecule has 1 aromatic carbocycles. The Kier molecular flexibility index (Phi) is 5.30. The van der Waals surface area contributed by atoms with Crippen LogP contribution in [0.5, 0.6) is 5.75 Å². The van der Waals surface area contributed by atoms with Crippen LogP contribution in [0.3, 0.4) is 0 Å². The number of carbonyl (C=O) groups excluding carboxylic acids is 1. The normalized spacial score (nSPS) is 32.4. The zero-order valence-electron chi connectivity index (χ0n) is 16.1. The summed E-state index contributed by atoms with van der Waals surface area (Å²) < 4.78 is 22.9. The van der Waals surface area contributed by atoms with Crippen LogP contribution in [0.2, 0.25) is 5.21 Å². The molecule has 2 aliphatic rings. The first-order valence-electron chi connectivity index (χ1n) is 9.00. The fourth-order valence-electron chi connectivity index (χ4n) is 4.35. The minimum atomic E-state index is -1.71. The van der Waals surface area contributed by atoms with Crippen molar-refractivity contribution < 1.29 is 23.7 Å². The van der Waals surface area contributed by atoms with Gasteiger partial charge in [0, 0.05) is 13.0 Å². The third-order valence-corrected chi connectivity index (χ3v) is 5.44. The van der Waals surface area contributed by atoms with Crippen molar-refractivity contribution >= 4 is 29.3 Å². The summed E-state index contributed by atoms with van der Waals surface area (Å²) in [7, 11) is 19.8. The summed E-state index contributed by atoms with van der Waals surface area (Å²) in [6, 6.07) is 9.46. The number of epoxide rings is 1. The maximum atomic E-state index is 12.9. The summed E-state index contributed by atoms with van der Waals surface area (Å²) in [5.74, 6) is -0.373. The summed E-state index contributed by atoms with van der Waals surface area (Å²) in [6.45, 7) is 4.77. The SMILES string of the molecule is [B]C1([B])C[C@]2(CO2)[C@@H](C(C)(C)OCCOc2ccccc2)[C@]([B])(OC)C1=O. The summed E-state index contributed by atoms with van der Waals surface area (Å²) >= 11 is 0. The van der Waals surface area contributed by atoms with Crippen molar-refractivity contribution in [2.24, 2.45) is 5.92 Å². The number of para-hydroxylation sites is 1. The fraction of sp³-hybridized carbons (Fsp3) is 0.632. The van der Waals surface area contributed by atoms with Crippen molar-refractivity contribution in [3.8, 4) is 5.75 Å². The molecule has 1 spiro atoms. The van der Waals surface area contributed by atoms with Crippen LogP contribution in [0.1, 0.15) is 20.3 Å². The predicted octanol–water partition coefficient (Wildman–Crippen LogP) is 1.18. The standard InChI is InChI=1S/C19H23B3O5/c1-16(2,26-10-9-25-13-7-5-4-6-8-13)14-17(12-27-17)11-18(20,21)15(23)19(14,22)24-3/h4-8,14H,9-12H2,1-3H3/t14-,17+,19+/m1/s1. The monoisotopic (exact) mass is 364 g/mol. The van der Waals surface area contributed by atoms with E-state index in [1.807, 2.05) is 44.2 Å². The average Bonchev–Trinajstić information content (AvgIpc) is 3.36. The summed E-state index contributed by atoms with van der Waals surface area (Å²) in [4.78, 5) is 12.9. The van der Waals surface area contributed by atoms with Gasteiger partial charge in [0.05, 0.1) is 45.6 Å². The quantitative estimate of drug-likeness (QED) is 0.414. The zero-order valence-corrected chi connectivity index (χ0v) is 16.1. The Morgan fingerprint density at radius 2 is 1.81 bits per heavy atom. The van der Waals surface area contributed by atoms with Crippen LogP contribution < -0.4 is 4.74 Å². The van der Waals surface area contributed by atoms with Gasteiger partial charge >= 0.3 is 0 Å². The number of rotatable bonds is 7. The largest absolute Gasteiger partial charge is 0.491 e. The highest BCUT2D eigenvalue weighted by Crippen LogP contribution is 2.59. The molecule has 1 saturated carbocycles.